The Kier molecular flexibility index (Phi) is 5.28. The monoisotopic (exact) mass is 295 g/mol. The lowest BCUT2D eigenvalue weighted by Gasteiger charge is -2.06. The van der Waals surface area contributed by atoms with E-state index < -0.39 is 0 Å². The molecule has 6 nitrogen and oxygen atoms in total. The molecule has 0 saturated heterocycles. The second-order valence-electron chi connectivity index (χ2n) is 4.10. The first kappa shape index (κ1) is 14.7. The second-order valence-corrected chi connectivity index (χ2v) is 5.16. The lowest BCUT2D eigenvalue weighted by atomic mass is 10.2. The molecule has 7 heteroatoms. The number of hydrogen-bond acceptors (Lipinski definition) is 6. The molecule has 1 amide bonds. The zero-order valence-corrected chi connectivity index (χ0v) is 12.0. The lowest BCUT2D eigenvalue weighted by Crippen LogP contribution is -2.27. The van der Waals surface area contributed by atoms with Crippen molar-refractivity contribution < 1.29 is 14.3 Å². The fraction of sp³-hybridized carbons (Fsp3) is 0.385. The zero-order valence-electron chi connectivity index (χ0n) is 11.2. The summed E-state index contributed by atoms with van der Waals surface area (Å²) in [6.45, 7) is 2.01. The van der Waals surface area contributed by atoms with Crippen LogP contribution < -0.4 is 11.1 Å². The third kappa shape index (κ3) is 3.89. The van der Waals surface area contributed by atoms with Crippen LogP contribution in [0.4, 0.5) is 5.13 Å². The van der Waals surface area contributed by atoms with Crippen LogP contribution in [0.3, 0.4) is 0 Å². The Bertz CT molecular complexity index is 585. The largest absolute Gasteiger partial charge is 0.382 e. The molecule has 0 fully saturated rings. The molecule has 0 spiro atoms. The van der Waals surface area contributed by atoms with E-state index >= 15 is 0 Å². The van der Waals surface area contributed by atoms with Gasteiger partial charge in [-0.2, -0.15) is 0 Å². The van der Waals surface area contributed by atoms with Gasteiger partial charge in [-0.25, -0.2) is 4.98 Å². The van der Waals surface area contributed by atoms with Gasteiger partial charge in [-0.3, -0.25) is 4.79 Å². The smallest absolute Gasteiger partial charge is 0.251 e. The molecule has 0 aliphatic rings. The first-order valence-electron chi connectivity index (χ1n) is 6.21. The van der Waals surface area contributed by atoms with Crippen molar-refractivity contribution in [2.75, 3.05) is 39.2 Å². The highest BCUT2D eigenvalue weighted by molar-refractivity contribution is 7.22. The Morgan fingerprint density at radius 3 is 3.05 bits per heavy atom. The van der Waals surface area contributed by atoms with Gasteiger partial charge < -0.3 is 20.5 Å². The Morgan fingerprint density at radius 2 is 2.25 bits per heavy atom. The number of ether oxygens (including phenoxy) is 2. The molecule has 0 bridgehead atoms. The van der Waals surface area contributed by atoms with E-state index in [1.807, 2.05) is 0 Å². The van der Waals surface area contributed by atoms with Gasteiger partial charge >= 0.3 is 0 Å². The molecule has 1 aromatic heterocycles. The predicted octanol–water partition coefficient (Wildman–Crippen LogP) is 1.27. The molecule has 0 atom stereocenters. The Morgan fingerprint density at radius 1 is 1.40 bits per heavy atom. The summed E-state index contributed by atoms with van der Waals surface area (Å²) in [4.78, 5) is 16.1. The Balaban J connectivity index is 1.84. The van der Waals surface area contributed by atoms with Gasteiger partial charge in [-0.1, -0.05) is 11.3 Å². The van der Waals surface area contributed by atoms with Gasteiger partial charge in [0.25, 0.3) is 5.91 Å². The van der Waals surface area contributed by atoms with Crippen molar-refractivity contribution in [3.8, 4) is 0 Å². The standard InChI is InChI=1S/C13H17N3O3S/c1-18-6-7-19-5-4-15-12(17)9-2-3-10-11(8-9)20-13(14)16-10/h2-3,8H,4-7H2,1H3,(H2,14,16)(H,15,17). The number of thiazole rings is 1. The number of nitrogens with zero attached hydrogens (tertiary/aromatic N) is 1. The van der Waals surface area contributed by atoms with Crippen LogP contribution in [0.5, 0.6) is 0 Å². The van der Waals surface area contributed by atoms with Crippen molar-refractivity contribution in [2.24, 2.45) is 0 Å². The number of carbonyl (C=O) groups is 1. The van der Waals surface area contributed by atoms with Crippen LogP contribution in [0.15, 0.2) is 18.2 Å². The molecule has 0 radical (unpaired) electrons. The molecule has 108 valence electrons. The van der Waals surface area contributed by atoms with Gasteiger partial charge in [-0.15, -0.1) is 0 Å². The van der Waals surface area contributed by atoms with Crippen molar-refractivity contribution in [1.82, 2.24) is 10.3 Å². The average Bonchev–Trinajstić information content (AvgIpc) is 2.81. The molecule has 0 aliphatic heterocycles. The molecule has 2 rings (SSSR count). The summed E-state index contributed by atoms with van der Waals surface area (Å²) in [6.07, 6.45) is 0. The van der Waals surface area contributed by atoms with E-state index in [4.69, 9.17) is 15.2 Å². The fourth-order valence-corrected chi connectivity index (χ4v) is 2.44. The van der Waals surface area contributed by atoms with Crippen LogP contribution in [0, 0.1) is 0 Å². The van der Waals surface area contributed by atoms with Gasteiger partial charge in [0.2, 0.25) is 0 Å². The molecule has 20 heavy (non-hydrogen) atoms. The van der Waals surface area contributed by atoms with E-state index in [2.05, 4.69) is 10.3 Å². The molecule has 1 heterocycles. The number of benzene rings is 1. The van der Waals surface area contributed by atoms with Crippen molar-refractivity contribution in [2.45, 2.75) is 0 Å². The van der Waals surface area contributed by atoms with Crippen LogP contribution in [-0.4, -0.2) is 44.4 Å². The van der Waals surface area contributed by atoms with E-state index in [1.165, 1.54) is 11.3 Å². The van der Waals surface area contributed by atoms with Gasteiger partial charge in [0.15, 0.2) is 5.13 Å². The third-order valence-corrected chi connectivity index (χ3v) is 3.48. The highest BCUT2D eigenvalue weighted by atomic mass is 32.1. The summed E-state index contributed by atoms with van der Waals surface area (Å²) in [5.74, 6) is -0.130. The maximum absolute atomic E-state index is 11.9. The number of rotatable bonds is 7. The first-order valence-corrected chi connectivity index (χ1v) is 7.03. The average molecular weight is 295 g/mol. The summed E-state index contributed by atoms with van der Waals surface area (Å²) >= 11 is 1.37. The maximum Gasteiger partial charge on any atom is 0.251 e. The van der Waals surface area contributed by atoms with Crippen LogP contribution >= 0.6 is 11.3 Å². The minimum atomic E-state index is -0.130. The van der Waals surface area contributed by atoms with Crippen molar-refractivity contribution >= 4 is 32.6 Å². The van der Waals surface area contributed by atoms with Crippen LogP contribution in [0.25, 0.3) is 10.2 Å². The Hall–Kier alpha value is -1.70. The predicted molar refractivity (Wildman–Crippen MR) is 79.1 cm³/mol. The number of nitrogens with two attached hydrogens (primary N) is 1. The summed E-state index contributed by atoms with van der Waals surface area (Å²) in [5.41, 5.74) is 7.04. The normalized spacial score (nSPS) is 10.8. The van der Waals surface area contributed by atoms with Crippen molar-refractivity contribution in [3.05, 3.63) is 23.8 Å². The number of fused-ring (bicyclic) bond motifs is 1. The summed E-state index contributed by atoms with van der Waals surface area (Å²) in [6, 6.07) is 5.33. The quantitative estimate of drug-likeness (QED) is 0.751. The zero-order chi connectivity index (χ0) is 14.4. The van der Waals surface area contributed by atoms with E-state index in [-0.39, 0.29) is 5.91 Å². The van der Waals surface area contributed by atoms with Gasteiger partial charge in [0, 0.05) is 19.2 Å². The molecular weight excluding hydrogens is 278 g/mol. The molecule has 3 N–H and O–H groups in total. The first-order chi connectivity index (χ1) is 9.70. The number of hydrogen-bond donors (Lipinski definition) is 2. The van der Waals surface area contributed by atoms with Crippen LogP contribution in [0.1, 0.15) is 10.4 Å². The maximum atomic E-state index is 11.9. The number of nitrogens with one attached hydrogen (secondary N) is 1. The van der Waals surface area contributed by atoms with Gasteiger partial charge in [0.05, 0.1) is 30.0 Å². The third-order valence-electron chi connectivity index (χ3n) is 2.63. The summed E-state index contributed by atoms with van der Waals surface area (Å²) < 4.78 is 11.0. The molecule has 0 saturated carbocycles. The highest BCUT2D eigenvalue weighted by Gasteiger charge is 2.08. The highest BCUT2D eigenvalue weighted by Crippen LogP contribution is 2.24. The van der Waals surface area contributed by atoms with Gasteiger partial charge in [0.1, 0.15) is 0 Å². The minimum Gasteiger partial charge on any atom is -0.382 e. The Labute approximate surface area is 120 Å². The summed E-state index contributed by atoms with van der Waals surface area (Å²) in [7, 11) is 1.62. The van der Waals surface area contributed by atoms with Crippen LogP contribution in [0.2, 0.25) is 0 Å². The van der Waals surface area contributed by atoms with E-state index in [1.54, 1.807) is 25.3 Å². The number of methoxy groups -OCH3 is 1. The molecule has 0 unspecified atom stereocenters. The molecule has 2 aromatic rings. The van der Waals surface area contributed by atoms with Crippen molar-refractivity contribution in [1.29, 1.82) is 0 Å². The minimum absolute atomic E-state index is 0.130. The lowest BCUT2D eigenvalue weighted by molar-refractivity contribution is 0.0693. The summed E-state index contributed by atoms with van der Waals surface area (Å²) in [5, 5.41) is 3.30. The topological polar surface area (TPSA) is 86.5 Å². The van der Waals surface area contributed by atoms with Crippen LogP contribution in [-0.2, 0) is 9.47 Å². The number of carbonyl (C=O) groups excluding carboxylic acids is 1. The fourth-order valence-electron chi connectivity index (χ4n) is 1.67. The second kappa shape index (κ2) is 7.18. The van der Waals surface area contributed by atoms with E-state index in [9.17, 15) is 4.79 Å². The SMILES string of the molecule is COCCOCCNC(=O)c1ccc2nc(N)sc2c1. The molecule has 0 aliphatic carbocycles. The molecule has 1 aromatic carbocycles. The number of aromatic nitrogens is 1. The number of amides is 1. The van der Waals surface area contributed by atoms with Gasteiger partial charge in [-0.05, 0) is 18.2 Å². The number of nitrogen functional groups attached to an aromatic ring is 1. The molecular formula is C13H17N3O3S. The van der Waals surface area contributed by atoms with E-state index in [0.717, 1.165) is 10.2 Å². The number of anilines is 1. The van der Waals surface area contributed by atoms with E-state index in [0.29, 0.717) is 37.1 Å². The van der Waals surface area contributed by atoms with Crippen molar-refractivity contribution in [3.63, 3.8) is 0 Å².